The standard InChI is InChI=1S/C13H21N3O3S/c14-10-5-11(7-12(6-10)20(15,18)19)16-13-4-2-1-3-9(13)8-17/h5-7,9,13,16-17H,1-4,8,14H2,(H2,15,18,19). The number of nitrogen functional groups attached to an aromatic ring is 1. The highest BCUT2D eigenvalue weighted by atomic mass is 32.2. The summed E-state index contributed by atoms with van der Waals surface area (Å²) in [5, 5.41) is 17.8. The molecule has 0 bridgehead atoms. The summed E-state index contributed by atoms with van der Waals surface area (Å²) in [4.78, 5) is -0.00337. The van der Waals surface area contributed by atoms with Crippen molar-refractivity contribution in [3.63, 3.8) is 0 Å². The van der Waals surface area contributed by atoms with Crippen LogP contribution in [0.2, 0.25) is 0 Å². The predicted molar refractivity (Wildman–Crippen MR) is 78.7 cm³/mol. The zero-order chi connectivity index (χ0) is 14.8. The van der Waals surface area contributed by atoms with Crippen LogP contribution in [0.1, 0.15) is 25.7 Å². The first kappa shape index (κ1) is 15.1. The summed E-state index contributed by atoms with van der Waals surface area (Å²) in [6, 6.07) is 4.63. The van der Waals surface area contributed by atoms with Crippen molar-refractivity contribution in [3.05, 3.63) is 18.2 Å². The minimum atomic E-state index is -3.78. The highest BCUT2D eigenvalue weighted by Gasteiger charge is 2.24. The lowest BCUT2D eigenvalue weighted by Crippen LogP contribution is -2.34. The topological polar surface area (TPSA) is 118 Å². The monoisotopic (exact) mass is 299 g/mol. The lowest BCUT2D eigenvalue weighted by molar-refractivity contribution is 0.178. The second kappa shape index (κ2) is 5.99. The summed E-state index contributed by atoms with van der Waals surface area (Å²) in [5.41, 5.74) is 6.69. The molecule has 1 aromatic carbocycles. The number of hydrogen-bond acceptors (Lipinski definition) is 5. The van der Waals surface area contributed by atoms with E-state index in [2.05, 4.69) is 5.32 Å². The molecular formula is C13H21N3O3S. The van der Waals surface area contributed by atoms with E-state index in [1.165, 1.54) is 12.1 Å². The molecule has 2 atom stereocenters. The smallest absolute Gasteiger partial charge is 0.238 e. The molecule has 0 radical (unpaired) electrons. The number of rotatable bonds is 4. The van der Waals surface area contributed by atoms with E-state index in [1.54, 1.807) is 6.07 Å². The lowest BCUT2D eigenvalue weighted by Gasteiger charge is -2.31. The van der Waals surface area contributed by atoms with Crippen LogP contribution in [0, 0.1) is 5.92 Å². The van der Waals surface area contributed by atoms with Crippen LogP contribution >= 0.6 is 0 Å². The Morgan fingerprint density at radius 1 is 1.25 bits per heavy atom. The number of benzene rings is 1. The van der Waals surface area contributed by atoms with Crippen molar-refractivity contribution in [1.29, 1.82) is 0 Å². The van der Waals surface area contributed by atoms with Crippen LogP contribution in [-0.2, 0) is 10.0 Å². The molecule has 2 rings (SSSR count). The van der Waals surface area contributed by atoms with Gasteiger partial charge in [-0.2, -0.15) is 0 Å². The van der Waals surface area contributed by atoms with Crippen LogP contribution in [0.3, 0.4) is 0 Å². The number of anilines is 2. The van der Waals surface area contributed by atoms with E-state index in [4.69, 9.17) is 10.9 Å². The Bertz CT molecular complexity index is 574. The number of nitrogens with two attached hydrogens (primary N) is 2. The Balaban J connectivity index is 2.22. The Labute approximate surface area is 119 Å². The number of hydrogen-bond donors (Lipinski definition) is 4. The first-order valence-corrected chi connectivity index (χ1v) is 8.25. The molecule has 0 amide bonds. The number of primary sulfonamides is 1. The van der Waals surface area contributed by atoms with Gasteiger partial charge in [0.15, 0.2) is 0 Å². The second-order valence-corrected chi connectivity index (χ2v) is 6.88. The summed E-state index contributed by atoms with van der Waals surface area (Å²) in [6.07, 6.45) is 4.13. The Morgan fingerprint density at radius 3 is 2.60 bits per heavy atom. The SMILES string of the molecule is Nc1cc(NC2CCCCC2CO)cc(S(N)(=O)=O)c1. The van der Waals surface area contributed by atoms with Gasteiger partial charge in [-0.25, -0.2) is 13.6 Å². The lowest BCUT2D eigenvalue weighted by atomic mass is 9.85. The van der Waals surface area contributed by atoms with Gasteiger partial charge in [0, 0.05) is 29.9 Å². The second-order valence-electron chi connectivity index (χ2n) is 5.31. The summed E-state index contributed by atoms with van der Waals surface area (Å²) in [5.74, 6) is 0.183. The molecule has 7 heteroatoms. The van der Waals surface area contributed by atoms with E-state index < -0.39 is 10.0 Å². The van der Waals surface area contributed by atoms with Gasteiger partial charge in [-0.15, -0.1) is 0 Å². The van der Waals surface area contributed by atoms with Gasteiger partial charge in [0.05, 0.1) is 4.90 Å². The van der Waals surface area contributed by atoms with Crippen molar-refractivity contribution in [2.45, 2.75) is 36.6 Å². The fraction of sp³-hybridized carbons (Fsp3) is 0.538. The molecule has 112 valence electrons. The average molecular weight is 299 g/mol. The van der Waals surface area contributed by atoms with Crippen LogP contribution in [0.5, 0.6) is 0 Å². The maximum Gasteiger partial charge on any atom is 0.238 e. The number of aliphatic hydroxyl groups is 1. The molecule has 1 aromatic rings. The number of aliphatic hydroxyl groups excluding tert-OH is 1. The quantitative estimate of drug-likeness (QED) is 0.615. The van der Waals surface area contributed by atoms with E-state index >= 15 is 0 Å². The van der Waals surface area contributed by atoms with Crippen molar-refractivity contribution < 1.29 is 13.5 Å². The van der Waals surface area contributed by atoms with Gasteiger partial charge in [0.2, 0.25) is 10.0 Å². The molecular weight excluding hydrogens is 278 g/mol. The Kier molecular flexibility index (Phi) is 4.52. The first-order chi connectivity index (χ1) is 9.40. The molecule has 1 fully saturated rings. The normalized spacial score (nSPS) is 23.5. The van der Waals surface area contributed by atoms with Gasteiger partial charge < -0.3 is 16.2 Å². The third-order valence-corrected chi connectivity index (χ3v) is 4.65. The number of sulfonamides is 1. The molecule has 0 heterocycles. The zero-order valence-electron chi connectivity index (χ0n) is 11.2. The largest absolute Gasteiger partial charge is 0.399 e. The maximum absolute atomic E-state index is 11.4. The molecule has 0 aliphatic heterocycles. The van der Waals surface area contributed by atoms with Gasteiger partial charge >= 0.3 is 0 Å². The first-order valence-electron chi connectivity index (χ1n) is 6.71. The molecule has 0 aromatic heterocycles. The average Bonchev–Trinajstić information content (AvgIpc) is 2.37. The highest BCUT2D eigenvalue weighted by molar-refractivity contribution is 7.89. The molecule has 0 spiro atoms. The molecule has 1 aliphatic carbocycles. The fourth-order valence-electron chi connectivity index (χ4n) is 2.70. The van der Waals surface area contributed by atoms with E-state index in [0.717, 1.165) is 25.7 Å². The summed E-state index contributed by atoms with van der Waals surface area (Å²) in [7, 11) is -3.78. The predicted octanol–water partition coefficient (Wildman–Crippen LogP) is 0.879. The minimum absolute atomic E-state index is 0.00337. The maximum atomic E-state index is 11.4. The summed E-state index contributed by atoms with van der Waals surface area (Å²) >= 11 is 0. The van der Waals surface area contributed by atoms with E-state index in [1.807, 2.05) is 0 Å². The van der Waals surface area contributed by atoms with Gasteiger partial charge in [0.25, 0.3) is 0 Å². The third kappa shape index (κ3) is 3.62. The van der Waals surface area contributed by atoms with Crippen molar-refractivity contribution in [2.75, 3.05) is 17.7 Å². The van der Waals surface area contributed by atoms with Crippen LogP contribution in [0.4, 0.5) is 11.4 Å². The van der Waals surface area contributed by atoms with Gasteiger partial charge in [-0.1, -0.05) is 12.8 Å². The van der Waals surface area contributed by atoms with Gasteiger partial charge in [-0.05, 0) is 31.0 Å². The molecule has 20 heavy (non-hydrogen) atoms. The Hall–Kier alpha value is -1.31. The highest BCUT2D eigenvalue weighted by Crippen LogP contribution is 2.28. The van der Waals surface area contributed by atoms with Crippen LogP contribution in [0.25, 0.3) is 0 Å². The van der Waals surface area contributed by atoms with Crippen LogP contribution in [-0.4, -0.2) is 26.2 Å². The molecule has 0 saturated heterocycles. The van der Waals surface area contributed by atoms with Gasteiger partial charge in [0.1, 0.15) is 0 Å². The van der Waals surface area contributed by atoms with Crippen molar-refractivity contribution in [1.82, 2.24) is 0 Å². The van der Waals surface area contributed by atoms with E-state index in [9.17, 15) is 13.5 Å². The van der Waals surface area contributed by atoms with Crippen molar-refractivity contribution in [3.8, 4) is 0 Å². The fourth-order valence-corrected chi connectivity index (χ4v) is 3.29. The molecule has 1 saturated carbocycles. The van der Waals surface area contributed by atoms with E-state index in [0.29, 0.717) is 11.4 Å². The van der Waals surface area contributed by atoms with Crippen molar-refractivity contribution in [2.24, 2.45) is 11.1 Å². The third-order valence-electron chi connectivity index (χ3n) is 3.75. The summed E-state index contributed by atoms with van der Waals surface area (Å²) < 4.78 is 22.8. The molecule has 6 nitrogen and oxygen atoms in total. The zero-order valence-corrected chi connectivity index (χ0v) is 12.1. The number of nitrogens with one attached hydrogen (secondary N) is 1. The van der Waals surface area contributed by atoms with Gasteiger partial charge in [-0.3, -0.25) is 0 Å². The van der Waals surface area contributed by atoms with Crippen LogP contribution in [0.15, 0.2) is 23.1 Å². The molecule has 1 aliphatic rings. The summed E-state index contributed by atoms with van der Waals surface area (Å²) in [6.45, 7) is 0.127. The van der Waals surface area contributed by atoms with E-state index in [-0.39, 0.29) is 23.5 Å². The minimum Gasteiger partial charge on any atom is -0.399 e. The van der Waals surface area contributed by atoms with Crippen LogP contribution < -0.4 is 16.2 Å². The Morgan fingerprint density at radius 2 is 1.95 bits per heavy atom. The molecule has 6 N–H and O–H groups in total. The van der Waals surface area contributed by atoms with Crippen molar-refractivity contribution >= 4 is 21.4 Å². The molecule has 2 unspecified atom stereocenters.